The Balaban J connectivity index is 2.07. The lowest BCUT2D eigenvalue weighted by molar-refractivity contribution is -0.139. The number of nitrogens with zero attached hydrogens (tertiary/aromatic N) is 2. The maximum atomic E-state index is 13.8. The van der Waals surface area contributed by atoms with Gasteiger partial charge < -0.3 is 15.0 Å². The van der Waals surface area contributed by atoms with Crippen LogP contribution in [-0.4, -0.2) is 51.9 Å². The highest BCUT2D eigenvalue weighted by molar-refractivity contribution is 7.92. The van der Waals surface area contributed by atoms with Gasteiger partial charge in [-0.1, -0.05) is 53.0 Å². The molecule has 0 aromatic heterocycles. The summed E-state index contributed by atoms with van der Waals surface area (Å²) < 4.78 is 33.8. The first-order chi connectivity index (χ1) is 18.0. The van der Waals surface area contributed by atoms with Gasteiger partial charge in [0.2, 0.25) is 11.8 Å². The number of nitrogens with one attached hydrogen (secondary N) is 1. The predicted octanol–water partition coefficient (Wildman–Crippen LogP) is 4.67. The second kappa shape index (κ2) is 12.5. The Kier molecular flexibility index (Phi) is 9.65. The number of sulfonamides is 1. The number of ether oxygens (including phenoxy) is 1. The van der Waals surface area contributed by atoms with Crippen LogP contribution in [0.1, 0.15) is 18.1 Å². The third kappa shape index (κ3) is 6.98. The molecule has 0 heterocycles. The minimum atomic E-state index is -4.22. The minimum Gasteiger partial charge on any atom is -0.497 e. The van der Waals surface area contributed by atoms with E-state index in [0.717, 1.165) is 9.87 Å². The number of benzene rings is 3. The number of methoxy groups -OCH3 is 1. The summed E-state index contributed by atoms with van der Waals surface area (Å²) in [6.07, 6.45) is 0. The van der Waals surface area contributed by atoms with Crippen LogP contribution in [0.3, 0.4) is 0 Å². The van der Waals surface area contributed by atoms with E-state index in [1.165, 1.54) is 49.4 Å². The third-order valence-corrected chi connectivity index (χ3v) is 8.15. The van der Waals surface area contributed by atoms with Crippen molar-refractivity contribution < 1.29 is 22.7 Å². The number of likely N-dealkylation sites (N-methyl/N-ethyl adjacent to an activating group) is 1. The molecule has 11 heteroatoms. The zero-order valence-corrected chi connectivity index (χ0v) is 23.8. The van der Waals surface area contributed by atoms with Crippen LogP contribution in [0.4, 0.5) is 5.69 Å². The van der Waals surface area contributed by atoms with Crippen molar-refractivity contribution in [2.45, 2.75) is 31.3 Å². The fourth-order valence-electron chi connectivity index (χ4n) is 3.81. The molecular formula is C27H29Cl2N3O5S. The first-order valence-electron chi connectivity index (χ1n) is 11.7. The van der Waals surface area contributed by atoms with Crippen LogP contribution in [0, 0.1) is 6.92 Å². The molecule has 0 aliphatic carbocycles. The molecule has 202 valence electrons. The lowest BCUT2D eigenvalue weighted by Crippen LogP contribution is -2.50. The van der Waals surface area contributed by atoms with Crippen molar-refractivity contribution in [2.24, 2.45) is 0 Å². The quantitative estimate of drug-likeness (QED) is 0.378. The molecule has 0 radical (unpaired) electrons. The summed E-state index contributed by atoms with van der Waals surface area (Å²) in [6.45, 7) is 2.86. The van der Waals surface area contributed by atoms with E-state index in [-0.39, 0.29) is 27.2 Å². The second-order valence-corrected chi connectivity index (χ2v) is 11.4. The number of anilines is 1. The van der Waals surface area contributed by atoms with E-state index in [0.29, 0.717) is 11.3 Å². The van der Waals surface area contributed by atoms with E-state index in [1.807, 2.05) is 6.92 Å². The van der Waals surface area contributed by atoms with Crippen LogP contribution in [-0.2, 0) is 26.2 Å². The summed E-state index contributed by atoms with van der Waals surface area (Å²) in [5.41, 5.74) is 1.69. The molecule has 0 saturated heterocycles. The van der Waals surface area contributed by atoms with Gasteiger partial charge in [0.1, 0.15) is 18.3 Å². The van der Waals surface area contributed by atoms with E-state index >= 15 is 0 Å². The van der Waals surface area contributed by atoms with Crippen molar-refractivity contribution in [1.29, 1.82) is 0 Å². The Hall–Kier alpha value is -3.27. The molecule has 3 rings (SSSR count). The van der Waals surface area contributed by atoms with Crippen molar-refractivity contribution in [3.8, 4) is 5.75 Å². The van der Waals surface area contributed by atoms with Gasteiger partial charge in [0.25, 0.3) is 10.0 Å². The van der Waals surface area contributed by atoms with E-state index in [2.05, 4.69) is 5.32 Å². The molecule has 0 unspecified atom stereocenters. The molecule has 3 aromatic carbocycles. The average Bonchev–Trinajstić information content (AvgIpc) is 2.89. The molecule has 0 fully saturated rings. The maximum Gasteiger partial charge on any atom is 0.264 e. The Morgan fingerprint density at radius 2 is 1.63 bits per heavy atom. The van der Waals surface area contributed by atoms with Crippen molar-refractivity contribution in [3.63, 3.8) is 0 Å². The van der Waals surface area contributed by atoms with Gasteiger partial charge >= 0.3 is 0 Å². The Bertz CT molecular complexity index is 1390. The number of carbonyl (C=O) groups is 2. The number of hydrogen-bond acceptors (Lipinski definition) is 5. The number of carbonyl (C=O) groups excluding carboxylic acids is 2. The molecule has 3 aromatic rings. The SMILES string of the molecule is CNC(=O)[C@@H](C)N(Cc1cccc(OC)c1)C(=O)CN(c1cc(Cl)cc(Cl)c1)S(=O)(=O)c1ccc(C)cc1. The molecule has 0 spiro atoms. The Morgan fingerprint density at radius 3 is 2.21 bits per heavy atom. The normalized spacial score (nSPS) is 11.9. The fourth-order valence-corrected chi connectivity index (χ4v) is 5.72. The molecule has 38 heavy (non-hydrogen) atoms. The Morgan fingerprint density at radius 1 is 1.00 bits per heavy atom. The summed E-state index contributed by atoms with van der Waals surface area (Å²) in [4.78, 5) is 27.7. The first-order valence-corrected chi connectivity index (χ1v) is 13.9. The molecule has 0 aliphatic rings. The first kappa shape index (κ1) is 29.3. The van der Waals surface area contributed by atoms with Crippen LogP contribution in [0.15, 0.2) is 71.6 Å². The lowest BCUT2D eigenvalue weighted by Gasteiger charge is -2.32. The van der Waals surface area contributed by atoms with Crippen LogP contribution in [0.25, 0.3) is 0 Å². The zero-order valence-electron chi connectivity index (χ0n) is 21.4. The minimum absolute atomic E-state index is 0.00862. The standard InChI is InChI=1S/C27H29Cl2N3O5S/c1-18-8-10-25(11-9-18)38(35,36)32(23-14-21(28)13-22(29)15-23)17-26(33)31(19(2)27(34)30-3)16-20-6-5-7-24(12-20)37-4/h5-15,19H,16-17H2,1-4H3,(H,30,34)/t19-/m1/s1. The van der Waals surface area contributed by atoms with Crippen molar-refractivity contribution in [3.05, 3.63) is 87.9 Å². The molecule has 0 bridgehead atoms. The van der Waals surface area contributed by atoms with Crippen LogP contribution < -0.4 is 14.4 Å². The zero-order chi connectivity index (χ0) is 28.0. The topological polar surface area (TPSA) is 96.0 Å². The number of rotatable bonds is 10. The molecule has 0 saturated carbocycles. The molecule has 2 amide bonds. The molecule has 0 aliphatic heterocycles. The highest BCUT2D eigenvalue weighted by Crippen LogP contribution is 2.30. The van der Waals surface area contributed by atoms with Gasteiger partial charge in [-0.15, -0.1) is 0 Å². The fraction of sp³-hybridized carbons (Fsp3) is 0.259. The summed E-state index contributed by atoms with van der Waals surface area (Å²) >= 11 is 12.4. The largest absolute Gasteiger partial charge is 0.497 e. The van der Waals surface area contributed by atoms with Gasteiger partial charge in [0.15, 0.2) is 0 Å². The summed E-state index contributed by atoms with van der Waals surface area (Å²) in [7, 11) is -1.23. The lowest BCUT2D eigenvalue weighted by atomic mass is 10.1. The number of hydrogen-bond donors (Lipinski definition) is 1. The maximum absolute atomic E-state index is 13.8. The van der Waals surface area contributed by atoms with Crippen molar-refractivity contribution in [2.75, 3.05) is 25.0 Å². The van der Waals surface area contributed by atoms with Gasteiger partial charge in [0.05, 0.1) is 17.7 Å². The Labute approximate surface area is 233 Å². The van der Waals surface area contributed by atoms with Crippen LogP contribution in [0.2, 0.25) is 10.0 Å². The summed E-state index contributed by atoms with van der Waals surface area (Å²) in [6, 6.07) is 16.7. The second-order valence-electron chi connectivity index (χ2n) is 8.62. The van der Waals surface area contributed by atoms with E-state index in [1.54, 1.807) is 43.3 Å². The van der Waals surface area contributed by atoms with E-state index in [4.69, 9.17) is 27.9 Å². The van der Waals surface area contributed by atoms with Gasteiger partial charge in [-0.05, 0) is 61.9 Å². The molecule has 1 atom stereocenters. The molecule has 8 nitrogen and oxygen atoms in total. The number of amides is 2. The smallest absolute Gasteiger partial charge is 0.264 e. The van der Waals surface area contributed by atoms with Crippen LogP contribution in [0.5, 0.6) is 5.75 Å². The predicted molar refractivity (Wildman–Crippen MR) is 149 cm³/mol. The average molecular weight is 579 g/mol. The summed E-state index contributed by atoms with van der Waals surface area (Å²) in [5.74, 6) is -0.421. The number of aryl methyl sites for hydroxylation is 1. The molecular weight excluding hydrogens is 549 g/mol. The monoisotopic (exact) mass is 577 g/mol. The van der Waals surface area contributed by atoms with E-state index in [9.17, 15) is 18.0 Å². The van der Waals surface area contributed by atoms with Gasteiger partial charge in [-0.2, -0.15) is 0 Å². The highest BCUT2D eigenvalue weighted by Gasteiger charge is 2.32. The van der Waals surface area contributed by atoms with Gasteiger partial charge in [-0.3, -0.25) is 13.9 Å². The number of halogens is 2. The van der Waals surface area contributed by atoms with Gasteiger partial charge in [0, 0.05) is 23.6 Å². The third-order valence-electron chi connectivity index (χ3n) is 5.92. The van der Waals surface area contributed by atoms with Crippen molar-refractivity contribution >= 4 is 50.7 Å². The van der Waals surface area contributed by atoms with Gasteiger partial charge in [-0.25, -0.2) is 8.42 Å². The highest BCUT2D eigenvalue weighted by atomic mass is 35.5. The molecule has 1 N–H and O–H groups in total. The summed E-state index contributed by atoms with van der Waals surface area (Å²) in [5, 5.41) is 2.95. The van der Waals surface area contributed by atoms with E-state index < -0.39 is 34.4 Å². The van der Waals surface area contributed by atoms with Crippen molar-refractivity contribution in [1.82, 2.24) is 10.2 Å². The van der Waals surface area contributed by atoms with Crippen LogP contribution >= 0.6 is 23.2 Å².